The Morgan fingerprint density at radius 2 is 2.30 bits per heavy atom. The van der Waals surface area contributed by atoms with Gasteiger partial charge in [0.2, 0.25) is 6.08 Å². The highest BCUT2D eigenvalue weighted by Gasteiger charge is 2.11. The van der Waals surface area contributed by atoms with E-state index in [1.54, 1.807) is 6.92 Å². The van der Waals surface area contributed by atoms with Crippen LogP contribution in [0.2, 0.25) is 0 Å². The zero-order chi connectivity index (χ0) is 7.28. The van der Waals surface area contributed by atoms with Gasteiger partial charge in [-0.05, 0) is 6.42 Å². The molecule has 0 rings (SSSR count). The Balaban J connectivity index is 0. The van der Waals surface area contributed by atoms with Gasteiger partial charge in [0.25, 0.3) is 0 Å². The number of nitrogens with zero attached hydrogens (tertiary/aromatic N) is 1. The number of carbonyl (C=O) groups is 1. The summed E-state index contributed by atoms with van der Waals surface area (Å²) in [5.41, 5.74) is 0. The van der Waals surface area contributed by atoms with Crippen molar-refractivity contribution in [1.29, 1.82) is 0 Å². The molecule has 5 heteroatoms. The molecule has 0 aromatic heterocycles. The molecule has 0 aliphatic carbocycles. The van der Waals surface area contributed by atoms with Crippen LogP contribution in [0.1, 0.15) is 13.3 Å². The van der Waals surface area contributed by atoms with E-state index in [4.69, 9.17) is 5.11 Å². The SMILES string of the molecule is CCC(N=C=O)C(=O)O.O. The predicted octanol–water partition coefficient (Wildman–Crippen LogP) is -0.639. The zero-order valence-corrected chi connectivity index (χ0v) is 5.50. The van der Waals surface area contributed by atoms with Gasteiger partial charge in [-0.2, -0.15) is 4.99 Å². The molecule has 0 saturated heterocycles. The van der Waals surface area contributed by atoms with Gasteiger partial charge < -0.3 is 10.6 Å². The van der Waals surface area contributed by atoms with E-state index in [0.717, 1.165) is 0 Å². The van der Waals surface area contributed by atoms with Crippen LogP contribution in [-0.2, 0) is 9.59 Å². The third kappa shape index (κ3) is 3.77. The van der Waals surface area contributed by atoms with Crippen LogP contribution in [0.5, 0.6) is 0 Å². The Labute approximate surface area is 57.7 Å². The van der Waals surface area contributed by atoms with Crippen LogP contribution in [0.15, 0.2) is 4.99 Å². The Hall–Kier alpha value is -1.19. The molecule has 1 atom stereocenters. The second-order valence-corrected chi connectivity index (χ2v) is 1.48. The topological polar surface area (TPSA) is 98.2 Å². The first kappa shape index (κ1) is 11.6. The van der Waals surface area contributed by atoms with E-state index >= 15 is 0 Å². The van der Waals surface area contributed by atoms with Crippen molar-refractivity contribution >= 4 is 12.0 Å². The summed E-state index contributed by atoms with van der Waals surface area (Å²) in [7, 11) is 0. The number of carboxylic acid groups (broad SMARTS) is 1. The summed E-state index contributed by atoms with van der Waals surface area (Å²) < 4.78 is 0. The van der Waals surface area contributed by atoms with Crippen molar-refractivity contribution in [2.75, 3.05) is 0 Å². The van der Waals surface area contributed by atoms with Crippen molar-refractivity contribution < 1.29 is 20.2 Å². The highest BCUT2D eigenvalue weighted by atomic mass is 16.4. The van der Waals surface area contributed by atoms with Gasteiger partial charge in [0, 0.05) is 0 Å². The first-order valence-corrected chi connectivity index (χ1v) is 2.52. The third-order valence-electron chi connectivity index (χ3n) is 0.880. The van der Waals surface area contributed by atoms with E-state index in [9.17, 15) is 9.59 Å². The molecule has 0 aliphatic heterocycles. The average molecular weight is 147 g/mol. The lowest BCUT2D eigenvalue weighted by molar-refractivity contribution is -0.138. The van der Waals surface area contributed by atoms with Gasteiger partial charge in [0.15, 0.2) is 6.04 Å². The Morgan fingerprint density at radius 1 is 1.80 bits per heavy atom. The summed E-state index contributed by atoms with van der Waals surface area (Å²) in [6.45, 7) is 1.64. The maximum absolute atomic E-state index is 10.0. The molecule has 58 valence electrons. The monoisotopic (exact) mass is 147 g/mol. The van der Waals surface area contributed by atoms with E-state index in [1.807, 2.05) is 0 Å². The molecule has 0 radical (unpaired) electrons. The number of aliphatic imine (C=N–C) groups is 1. The number of isocyanates is 1. The molecule has 0 spiro atoms. The van der Waals surface area contributed by atoms with Crippen molar-refractivity contribution in [3.8, 4) is 0 Å². The van der Waals surface area contributed by atoms with Crippen LogP contribution < -0.4 is 0 Å². The summed E-state index contributed by atoms with van der Waals surface area (Å²) in [4.78, 5) is 22.6. The lowest BCUT2D eigenvalue weighted by atomic mass is 10.2. The fraction of sp³-hybridized carbons (Fsp3) is 0.600. The number of carbonyl (C=O) groups excluding carboxylic acids is 1. The van der Waals surface area contributed by atoms with Crippen LogP contribution in [0.4, 0.5) is 0 Å². The smallest absolute Gasteiger partial charge is 0.329 e. The quantitative estimate of drug-likeness (QED) is 0.424. The number of aliphatic carboxylic acids is 1. The molecule has 0 saturated carbocycles. The van der Waals surface area contributed by atoms with Crippen LogP contribution in [0.3, 0.4) is 0 Å². The minimum Gasteiger partial charge on any atom is -0.480 e. The first-order chi connectivity index (χ1) is 4.22. The summed E-state index contributed by atoms with van der Waals surface area (Å²) in [5.74, 6) is -1.08. The molecular weight excluding hydrogens is 138 g/mol. The molecule has 0 bridgehead atoms. The van der Waals surface area contributed by atoms with Crippen LogP contribution in [-0.4, -0.2) is 28.7 Å². The summed E-state index contributed by atoms with van der Waals surface area (Å²) in [5, 5.41) is 8.23. The Morgan fingerprint density at radius 3 is 2.40 bits per heavy atom. The molecule has 0 fully saturated rings. The lowest BCUT2D eigenvalue weighted by Gasteiger charge is -1.96. The molecule has 0 aliphatic rings. The van der Waals surface area contributed by atoms with Gasteiger partial charge in [0.05, 0.1) is 0 Å². The molecule has 0 heterocycles. The largest absolute Gasteiger partial charge is 0.480 e. The number of hydrogen-bond acceptors (Lipinski definition) is 3. The van der Waals surface area contributed by atoms with Crippen molar-refractivity contribution in [3.63, 3.8) is 0 Å². The van der Waals surface area contributed by atoms with Crippen molar-refractivity contribution in [3.05, 3.63) is 0 Å². The molecule has 10 heavy (non-hydrogen) atoms. The average Bonchev–Trinajstić information content (AvgIpc) is 1.82. The second-order valence-electron chi connectivity index (χ2n) is 1.48. The third-order valence-corrected chi connectivity index (χ3v) is 0.880. The highest BCUT2D eigenvalue weighted by Crippen LogP contribution is 1.94. The molecule has 5 nitrogen and oxygen atoms in total. The lowest BCUT2D eigenvalue weighted by Crippen LogP contribution is -2.15. The molecular formula is C5H9NO4. The predicted molar refractivity (Wildman–Crippen MR) is 33.5 cm³/mol. The van der Waals surface area contributed by atoms with Gasteiger partial charge >= 0.3 is 5.97 Å². The fourth-order valence-electron chi connectivity index (χ4n) is 0.385. The number of carboxylic acids is 1. The summed E-state index contributed by atoms with van der Waals surface area (Å²) in [6.07, 6.45) is 1.52. The van der Waals surface area contributed by atoms with Gasteiger partial charge in [-0.25, -0.2) is 9.59 Å². The zero-order valence-electron chi connectivity index (χ0n) is 5.50. The van der Waals surface area contributed by atoms with Crippen LogP contribution >= 0.6 is 0 Å². The van der Waals surface area contributed by atoms with E-state index in [1.165, 1.54) is 6.08 Å². The number of rotatable bonds is 3. The normalized spacial score (nSPS) is 10.5. The highest BCUT2D eigenvalue weighted by molar-refractivity contribution is 5.74. The van der Waals surface area contributed by atoms with Gasteiger partial charge in [0.1, 0.15) is 0 Å². The standard InChI is InChI=1S/C5H7NO3.H2O/c1-2-4(5(8)9)6-3-7;/h4H,2H2,1H3,(H,8,9);1H2. The molecule has 3 N–H and O–H groups in total. The van der Waals surface area contributed by atoms with Crippen LogP contribution in [0, 0.1) is 0 Å². The van der Waals surface area contributed by atoms with Gasteiger partial charge in [-0.3, -0.25) is 0 Å². The molecule has 0 aromatic rings. The van der Waals surface area contributed by atoms with E-state index in [0.29, 0.717) is 6.42 Å². The van der Waals surface area contributed by atoms with Gasteiger partial charge in [-0.15, -0.1) is 0 Å². The maximum Gasteiger partial charge on any atom is 0.329 e. The van der Waals surface area contributed by atoms with Crippen molar-refractivity contribution in [2.24, 2.45) is 4.99 Å². The van der Waals surface area contributed by atoms with E-state index in [-0.39, 0.29) is 5.48 Å². The summed E-state index contributed by atoms with van der Waals surface area (Å²) in [6, 6.07) is -0.914. The molecule has 1 unspecified atom stereocenters. The van der Waals surface area contributed by atoms with E-state index in [2.05, 4.69) is 4.99 Å². The van der Waals surface area contributed by atoms with Gasteiger partial charge in [-0.1, -0.05) is 6.92 Å². The van der Waals surface area contributed by atoms with E-state index < -0.39 is 12.0 Å². The Bertz CT molecular complexity index is 148. The van der Waals surface area contributed by atoms with Crippen molar-refractivity contribution in [2.45, 2.75) is 19.4 Å². The maximum atomic E-state index is 10.0. The molecule has 0 amide bonds. The first-order valence-electron chi connectivity index (χ1n) is 2.52. The minimum absolute atomic E-state index is 0. The number of hydrogen-bond donors (Lipinski definition) is 1. The second kappa shape index (κ2) is 5.94. The minimum atomic E-state index is -1.08. The van der Waals surface area contributed by atoms with Crippen molar-refractivity contribution in [1.82, 2.24) is 0 Å². The van der Waals surface area contributed by atoms with Crippen LogP contribution in [0.25, 0.3) is 0 Å². The fourth-order valence-corrected chi connectivity index (χ4v) is 0.385. The summed E-state index contributed by atoms with van der Waals surface area (Å²) >= 11 is 0. The molecule has 0 aromatic carbocycles. The Kier molecular flexibility index (Phi) is 6.88.